The molecule has 20 heavy (non-hydrogen) atoms. The molecule has 110 valence electrons. The lowest BCUT2D eigenvalue weighted by Crippen LogP contribution is -2.45. The van der Waals surface area contributed by atoms with Gasteiger partial charge in [-0.3, -0.25) is 4.79 Å². The Morgan fingerprint density at radius 1 is 1.50 bits per heavy atom. The zero-order valence-corrected chi connectivity index (χ0v) is 12.8. The molecule has 0 saturated carbocycles. The number of esters is 1. The van der Waals surface area contributed by atoms with E-state index >= 15 is 0 Å². The third-order valence-electron chi connectivity index (χ3n) is 3.48. The van der Waals surface area contributed by atoms with Crippen LogP contribution in [0.1, 0.15) is 29.4 Å². The standard InChI is InChI=1S/C12H16ClN3O3S/c1-6-3-4-7(10(14)17)5-16(6)12-15-9(13)8(20-12)11(18)19-2/h6-7H,3-5H2,1-2H3,(H2,14,17). The van der Waals surface area contributed by atoms with Gasteiger partial charge < -0.3 is 15.4 Å². The number of anilines is 1. The molecule has 2 N–H and O–H groups in total. The van der Waals surface area contributed by atoms with Gasteiger partial charge in [0.15, 0.2) is 15.2 Å². The summed E-state index contributed by atoms with van der Waals surface area (Å²) in [5, 5.41) is 0.749. The molecule has 1 aliphatic rings. The molecule has 0 radical (unpaired) electrons. The van der Waals surface area contributed by atoms with Crippen molar-refractivity contribution < 1.29 is 14.3 Å². The van der Waals surface area contributed by atoms with E-state index in [1.54, 1.807) is 0 Å². The summed E-state index contributed by atoms with van der Waals surface area (Å²) < 4.78 is 4.66. The molecule has 1 aromatic rings. The van der Waals surface area contributed by atoms with Crippen molar-refractivity contribution in [2.75, 3.05) is 18.6 Å². The van der Waals surface area contributed by atoms with Crippen LogP contribution in [-0.2, 0) is 9.53 Å². The van der Waals surface area contributed by atoms with Gasteiger partial charge in [0.1, 0.15) is 0 Å². The third kappa shape index (κ3) is 2.88. The second kappa shape index (κ2) is 5.97. The highest BCUT2D eigenvalue weighted by atomic mass is 35.5. The number of hydrogen-bond acceptors (Lipinski definition) is 6. The zero-order chi connectivity index (χ0) is 14.9. The van der Waals surface area contributed by atoms with Crippen molar-refractivity contribution in [2.45, 2.75) is 25.8 Å². The van der Waals surface area contributed by atoms with Crippen molar-refractivity contribution in [3.63, 3.8) is 0 Å². The maximum atomic E-state index is 11.6. The van der Waals surface area contributed by atoms with E-state index in [4.69, 9.17) is 17.3 Å². The third-order valence-corrected chi connectivity index (χ3v) is 4.93. The number of piperidine rings is 1. The average Bonchev–Trinajstić information content (AvgIpc) is 2.80. The second-order valence-electron chi connectivity index (χ2n) is 4.79. The summed E-state index contributed by atoms with van der Waals surface area (Å²) in [4.78, 5) is 29.4. The summed E-state index contributed by atoms with van der Waals surface area (Å²) >= 11 is 7.14. The van der Waals surface area contributed by atoms with E-state index in [1.807, 2.05) is 11.8 Å². The first-order valence-electron chi connectivity index (χ1n) is 6.24. The molecule has 2 unspecified atom stereocenters. The first-order chi connectivity index (χ1) is 9.43. The summed E-state index contributed by atoms with van der Waals surface area (Å²) in [6.45, 7) is 2.55. The number of rotatable bonds is 3. The number of thiazole rings is 1. The molecule has 0 aromatic carbocycles. The number of nitrogens with two attached hydrogens (primary N) is 1. The molecule has 1 amide bonds. The highest BCUT2D eigenvalue weighted by Crippen LogP contribution is 2.34. The number of ether oxygens (including phenoxy) is 1. The summed E-state index contributed by atoms with van der Waals surface area (Å²) in [5.74, 6) is -1.01. The SMILES string of the molecule is COC(=O)c1sc(N2CC(C(N)=O)CCC2C)nc1Cl. The van der Waals surface area contributed by atoms with Crippen LogP contribution in [0.25, 0.3) is 0 Å². The minimum Gasteiger partial charge on any atom is -0.465 e. The molecular formula is C12H16ClN3O3S. The van der Waals surface area contributed by atoms with Gasteiger partial charge >= 0.3 is 5.97 Å². The molecule has 1 aromatic heterocycles. The predicted molar refractivity (Wildman–Crippen MR) is 77.2 cm³/mol. The van der Waals surface area contributed by atoms with Crippen molar-refractivity contribution in [3.05, 3.63) is 10.0 Å². The largest absolute Gasteiger partial charge is 0.465 e. The van der Waals surface area contributed by atoms with Gasteiger partial charge in [-0.2, -0.15) is 0 Å². The highest BCUT2D eigenvalue weighted by molar-refractivity contribution is 7.18. The molecule has 2 atom stereocenters. The lowest BCUT2D eigenvalue weighted by atomic mass is 9.93. The van der Waals surface area contributed by atoms with E-state index in [0.717, 1.165) is 12.8 Å². The molecule has 8 heteroatoms. The minimum atomic E-state index is -0.505. The quantitative estimate of drug-likeness (QED) is 0.857. The fraction of sp³-hybridized carbons (Fsp3) is 0.583. The Bertz CT molecular complexity index is 534. The zero-order valence-electron chi connectivity index (χ0n) is 11.3. The van der Waals surface area contributed by atoms with Crippen LogP contribution in [0.4, 0.5) is 5.13 Å². The Morgan fingerprint density at radius 2 is 2.20 bits per heavy atom. The topological polar surface area (TPSA) is 85.5 Å². The van der Waals surface area contributed by atoms with Crippen LogP contribution in [0.2, 0.25) is 5.15 Å². The minimum absolute atomic E-state index is 0.130. The molecule has 1 aliphatic heterocycles. The molecular weight excluding hydrogens is 302 g/mol. The molecule has 0 spiro atoms. The lowest BCUT2D eigenvalue weighted by Gasteiger charge is -2.36. The van der Waals surface area contributed by atoms with Gasteiger partial charge in [-0.25, -0.2) is 9.78 Å². The van der Waals surface area contributed by atoms with Crippen LogP contribution in [-0.4, -0.2) is 36.6 Å². The van der Waals surface area contributed by atoms with Gasteiger partial charge in [-0.05, 0) is 19.8 Å². The van der Waals surface area contributed by atoms with Crippen molar-refractivity contribution >= 4 is 39.9 Å². The first kappa shape index (κ1) is 15.1. The van der Waals surface area contributed by atoms with Gasteiger partial charge in [0, 0.05) is 12.6 Å². The number of amides is 1. The van der Waals surface area contributed by atoms with Crippen molar-refractivity contribution in [1.29, 1.82) is 0 Å². The van der Waals surface area contributed by atoms with E-state index in [1.165, 1.54) is 18.4 Å². The average molecular weight is 318 g/mol. The Balaban J connectivity index is 2.25. The van der Waals surface area contributed by atoms with Crippen LogP contribution in [0.5, 0.6) is 0 Å². The summed E-state index contributed by atoms with van der Waals surface area (Å²) in [7, 11) is 1.30. The molecule has 6 nitrogen and oxygen atoms in total. The van der Waals surface area contributed by atoms with Gasteiger partial charge in [-0.15, -0.1) is 0 Å². The van der Waals surface area contributed by atoms with Gasteiger partial charge in [0.2, 0.25) is 5.91 Å². The van der Waals surface area contributed by atoms with Crippen LogP contribution in [0.15, 0.2) is 0 Å². The Hall–Kier alpha value is -1.34. The molecule has 2 heterocycles. The maximum absolute atomic E-state index is 11.6. The van der Waals surface area contributed by atoms with E-state index in [0.29, 0.717) is 11.7 Å². The fourth-order valence-corrected chi connectivity index (χ4v) is 3.55. The summed E-state index contributed by atoms with van der Waals surface area (Å²) in [5.41, 5.74) is 5.38. The van der Waals surface area contributed by atoms with E-state index in [2.05, 4.69) is 9.72 Å². The Morgan fingerprint density at radius 3 is 2.80 bits per heavy atom. The summed E-state index contributed by atoms with van der Waals surface area (Å²) in [6.07, 6.45) is 1.62. The van der Waals surface area contributed by atoms with Crippen LogP contribution < -0.4 is 10.6 Å². The number of nitrogens with zero attached hydrogens (tertiary/aromatic N) is 2. The number of halogens is 1. The number of methoxy groups -OCH3 is 1. The predicted octanol–water partition coefficient (Wildman–Crippen LogP) is 1.67. The Kier molecular flexibility index (Phi) is 4.49. The van der Waals surface area contributed by atoms with E-state index < -0.39 is 5.97 Å². The van der Waals surface area contributed by atoms with Crippen molar-refractivity contribution in [1.82, 2.24) is 4.98 Å². The monoisotopic (exact) mass is 317 g/mol. The number of carbonyl (C=O) groups excluding carboxylic acids is 2. The number of carbonyl (C=O) groups is 2. The second-order valence-corrected chi connectivity index (χ2v) is 6.12. The fourth-order valence-electron chi connectivity index (χ4n) is 2.24. The highest BCUT2D eigenvalue weighted by Gasteiger charge is 2.31. The van der Waals surface area contributed by atoms with Crippen molar-refractivity contribution in [3.8, 4) is 0 Å². The van der Waals surface area contributed by atoms with Crippen molar-refractivity contribution in [2.24, 2.45) is 11.7 Å². The van der Waals surface area contributed by atoms with Crippen LogP contribution in [0.3, 0.4) is 0 Å². The molecule has 1 saturated heterocycles. The Labute approximate surface area is 125 Å². The molecule has 1 fully saturated rings. The first-order valence-corrected chi connectivity index (χ1v) is 7.44. The lowest BCUT2D eigenvalue weighted by molar-refractivity contribution is -0.122. The van der Waals surface area contributed by atoms with E-state index in [-0.39, 0.29) is 27.9 Å². The summed E-state index contributed by atoms with van der Waals surface area (Å²) in [6, 6.07) is 0.221. The van der Waals surface area contributed by atoms with Gasteiger partial charge in [0.25, 0.3) is 0 Å². The van der Waals surface area contributed by atoms with Gasteiger partial charge in [0.05, 0.1) is 13.0 Å². The molecule has 2 rings (SSSR count). The number of aromatic nitrogens is 1. The van der Waals surface area contributed by atoms with Crippen LogP contribution in [0, 0.1) is 5.92 Å². The normalized spacial score (nSPS) is 22.6. The van der Waals surface area contributed by atoms with Crippen LogP contribution >= 0.6 is 22.9 Å². The number of hydrogen-bond donors (Lipinski definition) is 1. The van der Waals surface area contributed by atoms with E-state index in [9.17, 15) is 9.59 Å². The molecule has 0 bridgehead atoms. The van der Waals surface area contributed by atoms with Gasteiger partial charge in [-0.1, -0.05) is 22.9 Å². The number of primary amides is 1. The molecule has 0 aliphatic carbocycles. The maximum Gasteiger partial charge on any atom is 0.351 e. The smallest absolute Gasteiger partial charge is 0.351 e.